The predicted octanol–water partition coefficient (Wildman–Crippen LogP) is 3.83. The molecule has 9 nitrogen and oxygen atoms in total. The zero-order valence-corrected chi connectivity index (χ0v) is 20.9. The van der Waals surface area contributed by atoms with E-state index < -0.39 is 23.6 Å². The Hall–Kier alpha value is -4.81. The second kappa shape index (κ2) is 10.8. The van der Waals surface area contributed by atoms with Gasteiger partial charge in [-0.05, 0) is 54.6 Å². The van der Waals surface area contributed by atoms with Crippen LogP contribution >= 0.6 is 0 Å². The molecule has 1 aliphatic heterocycles. The van der Waals surface area contributed by atoms with Crippen molar-refractivity contribution in [2.24, 2.45) is 0 Å². The standard InChI is InChI=1S/C27H22F4N6O3/c28-19-6-4-17(5-7-19)26(40)36-12-10-35(11-13-36)24(38)16-37-15-18-14-20(8-9-21(18)34-37)32-25(39)22-2-1-3-23(33-22)27(29,30)31/h1-9,14-15H,10-13,16H2,(H,32,39). The summed E-state index contributed by atoms with van der Waals surface area (Å²) in [5.41, 5.74) is -0.286. The number of carbonyl (C=O) groups excluding carboxylic acids is 3. The summed E-state index contributed by atoms with van der Waals surface area (Å²) in [6.07, 6.45) is -3.05. The average Bonchev–Trinajstić information content (AvgIpc) is 3.34. The van der Waals surface area contributed by atoms with Crippen molar-refractivity contribution in [3.8, 4) is 0 Å². The molecule has 2 aromatic carbocycles. The summed E-state index contributed by atoms with van der Waals surface area (Å²) in [7, 11) is 0. The Labute approximate surface area is 225 Å². The number of rotatable bonds is 5. The summed E-state index contributed by atoms with van der Waals surface area (Å²) in [6.45, 7) is 1.31. The minimum Gasteiger partial charge on any atom is -0.338 e. The Morgan fingerprint density at radius 2 is 1.60 bits per heavy atom. The first-order chi connectivity index (χ1) is 19.1. The zero-order chi connectivity index (χ0) is 28.4. The van der Waals surface area contributed by atoms with Crippen LogP contribution in [0.15, 0.2) is 66.9 Å². The molecule has 13 heteroatoms. The van der Waals surface area contributed by atoms with Gasteiger partial charge in [-0.25, -0.2) is 9.37 Å². The molecule has 0 radical (unpaired) electrons. The fourth-order valence-electron chi connectivity index (χ4n) is 4.32. The molecule has 206 valence electrons. The first-order valence-corrected chi connectivity index (χ1v) is 12.2. The van der Waals surface area contributed by atoms with Gasteiger partial charge in [0.1, 0.15) is 23.7 Å². The van der Waals surface area contributed by atoms with Crippen LogP contribution in [0, 0.1) is 5.82 Å². The Bertz CT molecular complexity index is 1580. The largest absolute Gasteiger partial charge is 0.433 e. The van der Waals surface area contributed by atoms with Crippen LogP contribution in [0.3, 0.4) is 0 Å². The van der Waals surface area contributed by atoms with E-state index in [0.29, 0.717) is 48.3 Å². The summed E-state index contributed by atoms with van der Waals surface area (Å²) in [5, 5.41) is 7.51. The number of halogens is 4. The molecular formula is C27H22F4N6O3. The summed E-state index contributed by atoms with van der Waals surface area (Å²) < 4.78 is 53.3. The van der Waals surface area contributed by atoms with Gasteiger partial charge in [0.25, 0.3) is 11.8 Å². The van der Waals surface area contributed by atoms with Crippen molar-refractivity contribution in [2.45, 2.75) is 12.7 Å². The van der Waals surface area contributed by atoms with Crippen molar-refractivity contribution in [2.75, 3.05) is 31.5 Å². The minimum atomic E-state index is -4.67. The molecule has 1 aliphatic rings. The van der Waals surface area contributed by atoms with Crippen molar-refractivity contribution < 1.29 is 31.9 Å². The number of aromatic nitrogens is 3. The molecule has 1 saturated heterocycles. The average molecular weight is 555 g/mol. The van der Waals surface area contributed by atoms with Crippen LogP contribution in [0.1, 0.15) is 26.5 Å². The Morgan fingerprint density at radius 1 is 0.900 bits per heavy atom. The highest BCUT2D eigenvalue weighted by atomic mass is 19.4. The molecule has 0 unspecified atom stereocenters. The Morgan fingerprint density at radius 3 is 2.30 bits per heavy atom. The molecule has 3 heterocycles. The number of hydrogen-bond donors (Lipinski definition) is 1. The monoisotopic (exact) mass is 554 g/mol. The van der Waals surface area contributed by atoms with Crippen molar-refractivity contribution in [3.05, 3.63) is 89.6 Å². The molecular weight excluding hydrogens is 532 g/mol. The summed E-state index contributed by atoms with van der Waals surface area (Å²) in [5.74, 6) is -1.64. The van der Waals surface area contributed by atoms with E-state index in [2.05, 4.69) is 15.4 Å². The van der Waals surface area contributed by atoms with Gasteiger partial charge >= 0.3 is 6.18 Å². The van der Waals surface area contributed by atoms with Gasteiger partial charge in [-0.3, -0.25) is 19.1 Å². The molecule has 4 aromatic rings. The Kier molecular flexibility index (Phi) is 7.20. The van der Waals surface area contributed by atoms with E-state index in [1.165, 1.54) is 35.0 Å². The van der Waals surface area contributed by atoms with Gasteiger partial charge < -0.3 is 15.1 Å². The lowest BCUT2D eigenvalue weighted by Crippen LogP contribution is -2.51. The maximum atomic E-state index is 13.1. The van der Waals surface area contributed by atoms with Gasteiger partial charge in [0.2, 0.25) is 5.91 Å². The van der Waals surface area contributed by atoms with Gasteiger partial charge in [-0.15, -0.1) is 0 Å². The third-order valence-corrected chi connectivity index (χ3v) is 6.39. The molecule has 0 spiro atoms. The zero-order valence-electron chi connectivity index (χ0n) is 20.9. The molecule has 3 amide bonds. The molecule has 2 aromatic heterocycles. The normalized spacial score (nSPS) is 13.9. The van der Waals surface area contributed by atoms with Crippen LogP contribution < -0.4 is 5.32 Å². The van der Waals surface area contributed by atoms with E-state index in [-0.39, 0.29) is 24.1 Å². The van der Waals surface area contributed by atoms with Crippen molar-refractivity contribution >= 4 is 34.3 Å². The van der Waals surface area contributed by atoms with Crippen molar-refractivity contribution in [1.29, 1.82) is 0 Å². The highest BCUT2D eigenvalue weighted by Gasteiger charge is 2.33. The van der Waals surface area contributed by atoms with Crippen LogP contribution in [0.4, 0.5) is 23.2 Å². The van der Waals surface area contributed by atoms with Crippen LogP contribution in [0.2, 0.25) is 0 Å². The van der Waals surface area contributed by atoms with Crippen molar-refractivity contribution in [3.63, 3.8) is 0 Å². The number of hydrogen-bond acceptors (Lipinski definition) is 5. The number of anilines is 1. The summed E-state index contributed by atoms with van der Waals surface area (Å²) >= 11 is 0. The van der Waals surface area contributed by atoms with E-state index in [1.54, 1.807) is 34.2 Å². The van der Waals surface area contributed by atoms with E-state index in [1.807, 2.05) is 0 Å². The van der Waals surface area contributed by atoms with E-state index in [9.17, 15) is 31.9 Å². The van der Waals surface area contributed by atoms with Gasteiger partial charge in [0, 0.05) is 49.0 Å². The number of amides is 3. The number of piperazine rings is 1. The first-order valence-electron chi connectivity index (χ1n) is 12.2. The molecule has 5 rings (SSSR count). The highest BCUT2D eigenvalue weighted by Crippen LogP contribution is 2.27. The molecule has 1 N–H and O–H groups in total. The molecule has 0 atom stereocenters. The van der Waals surface area contributed by atoms with E-state index in [0.717, 1.165) is 12.1 Å². The summed E-state index contributed by atoms with van der Waals surface area (Å²) in [4.78, 5) is 44.6. The number of nitrogens with one attached hydrogen (secondary N) is 1. The van der Waals surface area contributed by atoms with Crippen LogP contribution in [-0.2, 0) is 17.5 Å². The number of fused-ring (bicyclic) bond motifs is 1. The second-order valence-corrected chi connectivity index (χ2v) is 9.14. The number of alkyl halides is 3. The topological polar surface area (TPSA) is 100 Å². The van der Waals surface area contributed by atoms with Gasteiger partial charge in [0.15, 0.2) is 0 Å². The SMILES string of the molecule is O=C(Nc1ccc2nn(CC(=O)N3CCN(C(=O)c4ccc(F)cc4)CC3)cc2c1)c1cccc(C(F)(F)F)n1. The fourth-order valence-corrected chi connectivity index (χ4v) is 4.32. The van der Waals surface area contributed by atoms with Gasteiger partial charge in [-0.2, -0.15) is 18.3 Å². The molecule has 0 saturated carbocycles. The lowest BCUT2D eigenvalue weighted by Gasteiger charge is -2.34. The maximum Gasteiger partial charge on any atom is 0.433 e. The van der Waals surface area contributed by atoms with Crippen molar-refractivity contribution in [1.82, 2.24) is 24.6 Å². The number of nitrogens with zero attached hydrogens (tertiary/aromatic N) is 5. The van der Waals surface area contributed by atoms with Gasteiger partial charge in [0.05, 0.1) is 5.52 Å². The smallest absolute Gasteiger partial charge is 0.338 e. The Balaban J connectivity index is 1.19. The van der Waals surface area contributed by atoms with Crippen LogP contribution in [0.5, 0.6) is 0 Å². The minimum absolute atomic E-state index is 0.0452. The lowest BCUT2D eigenvalue weighted by atomic mass is 10.2. The quantitative estimate of drug-likeness (QED) is 0.378. The first kappa shape index (κ1) is 26.8. The molecule has 1 fully saturated rings. The fraction of sp³-hybridized carbons (Fsp3) is 0.222. The van der Waals surface area contributed by atoms with E-state index >= 15 is 0 Å². The number of benzene rings is 2. The molecule has 40 heavy (non-hydrogen) atoms. The third kappa shape index (κ3) is 5.92. The highest BCUT2D eigenvalue weighted by molar-refractivity contribution is 6.03. The van der Waals surface area contributed by atoms with Crippen LogP contribution in [0.25, 0.3) is 10.9 Å². The number of carbonyl (C=O) groups is 3. The lowest BCUT2D eigenvalue weighted by molar-refractivity contribution is -0.141. The third-order valence-electron chi connectivity index (χ3n) is 6.39. The van der Waals surface area contributed by atoms with Crippen LogP contribution in [-0.4, -0.2) is 68.5 Å². The molecule has 0 aliphatic carbocycles. The maximum absolute atomic E-state index is 13.1. The predicted molar refractivity (Wildman–Crippen MR) is 136 cm³/mol. The second-order valence-electron chi connectivity index (χ2n) is 9.14. The molecule has 0 bridgehead atoms. The van der Waals surface area contributed by atoms with Gasteiger partial charge in [-0.1, -0.05) is 6.07 Å². The number of pyridine rings is 1. The summed E-state index contributed by atoms with van der Waals surface area (Å²) in [6, 6.07) is 13.1. The van der Waals surface area contributed by atoms with E-state index in [4.69, 9.17) is 0 Å².